The van der Waals surface area contributed by atoms with Gasteiger partial charge in [0, 0.05) is 11.6 Å². The van der Waals surface area contributed by atoms with E-state index in [-0.39, 0.29) is 22.7 Å². The fourth-order valence-corrected chi connectivity index (χ4v) is 2.08. The van der Waals surface area contributed by atoms with E-state index in [2.05, 4.69) is 10.5 Å². The van der Waals surface area contributed by atoms with Gasteiger partial charge in [0.05, 0.1) is 36.6 Å². The zero-order valence-electron chi connectivity index (χ0n) is 13.4. The van der Waals surface area contributed by atoms with Crippen LogP contribution in [0.5, 0.6) is 11.5 Å². The summed E-state index contributed by atoms with van der Waals surface area (Å²) in [6.45, 7) is 0. The van der Waals surface area contributed by atoms with Gasteiger partial charge in [-0.2, -0.15) is 5.10 Å². The van der Waals surface area contributed by atoms with Crippen LogP contribution in [0.2, 0.25) is 0 Å². The molecule has 0 saturated heterocycles. The highest BCUT2D eigenvalue weighted by Gasteiger charge is 2.21. The van der Waals surface area contributed by atoms with Crippen molar-refractivity contribution in [1.82, 2.24) is 0 Å². The number of benzene rings is 2. The maximum atomic E-state index is 11.2. The number of carboxylic acid groups (broad SMARTS) is 1. The van der Waals surface area contributed by atoms with Gasteiger partial charge in [0.15, 0.2) is 5.75 Å². The zero-order chi connectivity index (χ0) is 18.4. The number of aromatic carboxylic acids is 1. The van der Waals surface area contributed by atoms with Gasteiger partial charge in [-0.1, -0.05) is 6.07 Å². The number of hydrazone groups is 1. The van der Waals surface area contributed by atoms with Crippen LogP contribution in [0, 0.1) is 10.1 Å². The normalized spacial score (nSPS) is 10.5. The van der Waals surface area contributed by atoms with E-state index in [1.54, 1.807) is 12.1 Å². The standard InChI is InChI=1S/C16H15N3O6/c1-24-14-7-10(6-13(19(22)23)15(14)25-2)9-17-18-12-5-3-4-11(8-12)16(20)21/h3-9,18H,1-2H3,(H,20,21)/b17-9+. The number of carboxylic acids is 1. The Morgan fingerprint density at radius 2 is 2.04 bits per heavy atom. The SMILES string of the molecule is COc1cc(/C=N/Nc2cccc(C(=O)O)c2)cc([N+](=O)[O-])c1OC. The highest BCUT2D eigenvalue weighted by Crippen LogP contribution is 2.37. The van der Waals surface area contributed by atoms with E-state index < -0.39 is 10.9 Å². The van der Waals surface area contributed by atoms with E-state index >= 15 is 0 Å². The molecule has 0 radical (unpaired) electrons. The van der Waals surface area contributed by atoms with E-state index in [1.165, 1.54) is 44.7 Å². The molecule has 0 aromatic heterocycles. The quantitative estimate of drug-likeness (QED) is 0.449. The average molecular weight is 345 g/mol. The first-order chi connectivity index (χ1) is 12.0. The van der Waals surface area contributed by atoms with E-state index in [4.69, 9.17) is 14.6 Å². The first-order valence-electron chi connectivity index (χ1n) is 6.99. The molecule has 0 spiro atoms. The predicted molar refractivity (Wildman–Crippen MR) is 90.8 cm³/mol. The number of nitrogens with zero attached hydrogens (tertiary/aromatic N) is 2. The molecule has 0 fully saturated rings. The summed E-state index contributed by atoms with van der Waals surface area (Å²) in [5.41, 5.74) is 3.40. The van der Waals surface area contributed by atoms with Crippen LogP contribution in [0.1, 0.15) is 15.9 Å². The van der Waals surface area contributed by atoms with Crippen LogP contribution in [0.3, 0.4) is 0 Å². The molecule has 0 unspecified atom stereocenters. The number of methoxy groups -OCH3 is 2. The molecule has 9 heteroatoms. The molecule has 130 valence electrons. The minimum atomic E-state index is -1.05. The minimum absolute atomic E-state index is 0.0202. The van der Waals surface area contributed by atoms with Crippen LogP contribution in [0.15, 0.2) is 41.5 Å². The van der Waals surface area contributed by atoms with Gasteiger partial charge in [-0.3, -0.25) is 15.5 Å². The first kappa shape index (κ1) is 17.7. The maximum Gasteiger partial charge on any atom is 0.335 e. The summed E-state index contributed by atoms with van der Waals surface area (Å²) in [6.07, 6.45) is 1.35. The number of anilines is 1. The van der Waals surface area contributed by atoms with Gasteiger partial charge in [-0.05, 0) is 24.3 Å². The predicted octanol–water partition coefficient (Wildman–Crippen LogP) is 2.76. The monoisotopic (exact) mass is 345 g/mol. The number of hydrogen-bond acceptors (Lipinski definition) is 7. The Kier molecular flexibility index (Phi) is 5.51. The molecule has 2 rings (SSSR count). The summed E-state index contributed by atoms with van der Waals surface area (Å²) in [5, 5.41) is 24.1. The molecule has 25 heavy (non-hydrogen) atoms. The molecule has 0 aliphatic carbocycles. The third-order valence-electron chi connectivity index (χ3n) is 3.20. The van der Waals surface area contributed by atoms with Crippen LogP contribution in [0.4, 0.5) is 11.4 Å². The summed E-state index contributed by atoms with van der Waals surface area (Å²) >= 11 is 0. The second-order valence-electron chi connectivity index (χ2n) is 4.79. The minimum Gasteiger partial charge on any atom is -0.493 e. The van der Waals surface area contributed by atoms with E-state index in [0.717, 1.165) is 0 Å². The van der Waals surface area contributed by atoms with Crippen molar-refractivity contribution in [3.05, 3.63) is 57.6 Å². The van der Waals surface area contributed by atoms with Gasteiger partial charge in [0.1, 0.15) is 0 Å². The summed E-state index contributed by atoms with van der Waals surface area (Å²) in [4.78, 5) is 21.5. The fraction of sp³-hybridized carbons (Fsp3) is 0.125. The van der Waals surface area contributed by atoms with Gasteiger partial charge >= 0.3 is 11.7 Å². The number of rotatable bonds is 7. The van der Waals surface area contributed by atoms with Crippen LogP contribution >= 0.6 is 0 Å². The summed E-state index contributed by atoms with van der Waals surface area (Å²) < 4.78 is 10.1. The molecular weight excluding hydrogens is 330 g/mol. The molecule has 2 aromatic carbocycles. The lowest BCUT2D eigenvalue weighted by atomic mass is 10.2. The van der Waals surface area contributed by atoms with Crippen molar-refractivity contribution in [3.8, 4) is 11.5 Å². The lowest BCUT2D eigenvalue weighted by Crippen LogP contribution is -2.00. The lowest BCUT2D eigenvalue weighted by Gasteiger charge is -2.08. The van der Waals surface area contributed by atoms with Crippen molar-refractivity contribution in [2.75, 3.05) is 19.6 Å². The van der Waals surface area contributed by atoms with E-state index in [1.807, 2.05) is 0 Å². The lowest BCUT2D eigenvalue weighted by molar-refractivity contribution is -0.385. The number of nitro groups is 1. The van der Waals surface area contributed by atoms with Gasteiger partial charge < -0.3 is 14.6 Å². The zero-order valence-corrected chi connectivity index (χ0v) is 13.4. The Bertz CT molecular complexity index is 835. The highest BCUT2D eigenvalue weighted by atomic mass is 16.6. The average Bonchev–Trinajstić information content (AvgIpc) is 2.61. The Labute approximate surface area is 142 Å². The van der Waals surface area contributed by atoms with Crippen LogP contribution in [-0.2, 0) is 0 Å². The molecule has 9 nitrogen and oxygen atoms in total. The first-order valence-corrected chi connectivity index (χ1v) is 6.99. The van der Waals surface area contributed by atoms with Crippen LogP contribution < -0.4 is 14.9 Å². The van der Waals surface area contributed by atoms with Crippen molar-refractivity contribution >= 4 is 23.6 Å². The number of nitrogens with one attached hydrogen (secondary N) is 1. The summed E-state index contributed by atoms with van der Waals surface area (Å²) in [6, 6.07) is 8.90. The Hall–Kier alpha value is -3.62. The van der Waals surface area contributed by atoms with Crippen molar-refractivity contribution < 1.29 is 24.3 Å². The van der Waals surface area contributed by atoms with Crippen molar-refractivity contribution in [3.63, 3.8) is 0 Å². The largest absolute Gasteiger partial charge is 0.493 e. The molecule has 2 aromatic rings. The molecule has 0 heterocycles. The van der Waals surface area contributed by atoms with Crippen LogP contribution in [0.25, 0.3) is 0 Å². The van der Waals surface area contributed by atoms with Gasteiger partial charge in [0.2, 0.25) is 5.75 Å². The Morgan fingerprint density at radius 1 is 1.28 bits per heavy atom. The molecule has 0 aliphatic rings. The maximum absolute atomic E-state index is 11.2. The fourth-order valence-electron chi connectivity index (χ4n) is 2.08. The van der Waals surface area contributed by atoms with Gasteiger partial charge in [0.25, 0.3) is 0 Å². The third kappa shape index (κ3) is 4.22. The van der Waals surface area contributed by atoms with Gasteiger partial charge in [-0.15, -0.1) is 0 Å². The summed E-state index contributed by atoms with van der Waals surface area (Å²) in [7, 11) is 2.69. The number of hydrogen-bond donors (Lipinski definition) is 2. The second-order valence-corrected chi connectivity index (χ2v) is 4.79. The third-order valence-corrected chi connectivity index (χ3v) is 3.20. The molecule has 0 aliphatic heterocycles. The smallest absolute Gasteiger partial charge is 0.335 e. The number of ether oxygens (including phenoxy) is 2. The van der Waals surface area contributed by atoms with Crippen molar-refractivity contribution in [2.45, 2.75) is 0 Å². The van der Waals surface area contributed by atoms with Crippen LogP contribution in [-0.4, -0.2) is 36.4 Å². The molecule has 0 bridgehead atoms. The molecule has 0 amide bonds. The second kappa shape index (κ2) is 7.77. The topological polar surface area (TPSA) is 123 Å². The molecule has 2 N–H and O–H groups in total. The number of carbonyl (C=O) groups is 1. The number of nitro benzene ring substituents is 1. The Morgan fingerprint density at radius 3 is 2.64 bits per heavy atom. The molecular formula is C16H15N3O6. The van der Waals surface area contributed by atoms with Gasteiger partial charge in [-0.25, -0.2) is 4.79 Å². The highest BCUT2D eigenvalue weighted by molar-refractivity contribution is 5.89. The van der Waals surface area contributed by atoms with Crippen molar-refractivity contribution in [2.24, 2.45) is 5.10 Å². The van der Waals surface area contributed by atoms with E-state index in [0.29, 0.717) is 11.3 Å². The molecule has 0 saturated carbocycles. The summed E-state index contributed by atoms with van der Waals surface area (Å²) in [5.74, 6) is -0.832. The van der Waals surface area contributed by atoms with Crippen molar-refractivity contribution in [1.29, 1.82) is 0 Å². The Balaban J connectivity index is 2.26. The van der Waals surface area contributed by atoms with E-state index in [9.17, 15) is 14.9 Å². The molecule has 0 atom stereocenters.